The molecule has 0 aliphatic carbocycles. The van der Waals surface area contributed by atoms with Gasteiger partial charge in [-0.25, -0.2) is 0 Å². The lowest BCUT2D eigenvalue weighted by atomic mass is 9.94. The summed E-state index contributed by atoms with van der Waals surface area (Å²) in [5.41, 5.74) is 2.30. The molecule has 0 bridgehead atoms. The van der Waals surface area contributed by atoms with Crippen molar-refractivity contribution in [2.45, 2.75) is 19.9 Å². The Morgan fingerprint density at radius 3 is 2.30 bits per heavy atom. The molecule has 0 saturated carbocycles. The first-order valence-corrected chi connectivity index (χ1v) is 12.4. The third-order valence-corrected chi connectivity index (χ3v) is 6.76. The summed E-state index contributed by atoms with van der Waals surface area (Å²) in [4.78, 5) is 30.5. The maximum Gasteiger partial charge on any atom is 0.300 e. The first-order valence-electron chi connectivity index (χ1n) is 12.0. The summed E-state index contributed by atoms with van der Waals surface area (Å²) in [6.45, 7) is 5.82. The van der Waals surface area contributed by atoms with Crippen molar-refractivity contribution in [1.29, 1.82) is 0 Å². The van der Waals surface area contributed by atoms with Gasteiger partial charge in [0.2, 0.25) is 0 Å². The number of amides is 1. The van der Waals surface area contributed by atoms with Crippen molar-refractivity contribution in [3.05, 3.63) is 88.5 Å². The van der Waals surface area contributed by atoms with Crippen molar-refractivity contribution in [3.63, 3.8) is 0 Å². The molecule has 4 rings (SSSR count). The summed E-state index contributed by atoms with van der Waals surface area (Å²) in [5.74, 6) is -1.04. The number of carbonyl (C=O) groups is 2. The molecule has 37 heavy (non-hydrogen) atoms. The van der Waals surface area contributed by atoms with E-state index in [1.165, 1.54) is 18.1 Å². The molecule has 0 aromatic heterocycles. The minimum atomic E-state index is -0.905. The quantitative estimate of drug-likeness (QED) is 0.229. The highest BCUT2D eigenvalue weighted by Crippen LogP contribution is 2.44. The van der Waals surface area contributed by atoms with Crippen molar-refractivity contribution in [2.75, 3.05) is 37.1 Å². The molecule has 3 aromatic rings. The molecule has 0 radical (unpaired) electrons. The Balaban J connectivity index is 1.93. The van der Waals surface area contributed by atoms with E-state index in [-0.39, 0.29) is 16.9 Å². The van der Waals surface area contributed by atoms with Crippen LogP contribution in [0, 0.1) is 0 Å². The normalized spacial score (nSPS) is 16.7. The van der Waals surface area contributed by atoms with Gasteiger partial charge >= 0.3 is 0 Å². The summed E-state index contributed by atoms with van der Waals surface area (Å²) in [7, 11) is 2.99. The maximum atomic E-state index is 13.5. The number of aliphatic hydroxyl groups excluding tert-OH is 1. The van der Waals surface area contributed by atoms with Crippen LogP contribution in [-0.4, -0.2) is 44.1 Å². The van der Waals surface area contributed by atoms with Crippen LogP contribution in [0.2, 0.25) is 5.02 Å². The number of benzene rings is 3. The molecule has 8 heteroatoms. The highest BCUT2D eigenvalue weighted by Gasteiger charge is 2.47. The van der Waals surface area contributed by atoms with Crippen LogP contribution in [0.15, 0.2) is 72.3 Å². The van der Waals surface area contributed by atoms with Crippen LogP contribution in [0.3, 0.4) is 0 Å². The van der Waals surface area contributed by atoms with Crippen molar-refractivity contribution in [3.8, 4) is 11.5 Å². The fraction of sp³-hybridized carbons (Fsp3) is 0.241. The number of rotatable bonds is 8. The van der Waals surface area contributed by atoms with E-state index in [1.807, 2.05) is 24.3 Å². The Hall–Kier alpha value is -3.97. The van der Waals surface area contributed by atoms with E-state index in [2.05, 4.69) is 18.7 Å². The molecule has 7 nitrogen and oxygen atoms in total. The van der Waals surface area contributed by atoms with Gasteiger partial charge in [0.1, 0.15) is 17.3 Å². The average Bonchev–Trinajstić information content (AvgIpc) is 3.19. The molecule has 0 spiro atoms. The van der Waals surface area contributed by atoms with Crippen molar-refractivity contribution >= 4 is 40.4 Å². The summed E-state index contributed by atoms with van der Waals surface area (Å²) in [5, 5.41) is 11.8. The van der Waals surface area contributed by atoms with Crippen molar-refractivity contribution < 1.29 is 24.2 Å². The number of Topliss-reactive ketones (excluding diaryl/α,β-unsaturated/α-hetero) is 1. The fourth-order valence-corrected chi connectivity index (χ4v) is 4.82. The molecule has 1 aliphatic heterocycles. The Bertz CT molecular complexity index is 1350. The van der Waals surface area contributed by atoms with Crippen LogP contribution in [-0.2, 0) is 9.59 Å². The van der Waals surface area contributed by atoms with Gasteiger partial charge in [-0.1, -0.05) is 23.7 Å². The van der Waals surface area contributed by atoms with Crippen LogP contribution in [0.4, 0.5) is 11.4 Å². The Labute approximate surface area is 221 Å². The van der Waals surface area contributed by atoms with Gasteiger partial charge < -0.3 is 19.5 Å². The van der Waals surface area contributed by atoms with E-state index in [4.69, 9.17) is 21.1 Å². The van der Waals surface area contributed by atoms with E-state index in [1.54, 1.807) is 43.5 Å². The molecule has 1 unspecified atom stereocenters. The highest BCUT2D eigenvalue weighted by molar-refractivity contribution is 6.51. The lowest BCUT2D eigenvalue weighted by molar-refractivity contribution is -0.132. The standard InChI is InChI=1S/C29H29ClN2O5/c1-5-31(6-2)20-11-13-21(14-12-20)32-26(18-8-7-9-22(16-18)36-3)25(28(34)29(32)35)27(33)23-17-19(30)10-15-24(23)37-4/h7-17,26,33H,5-6H2,1-4H3/b27-25+. The van der Waals surface area contributed by atoms with E-state index in [0.717, 1.165) is 18.8 Å². The summed E-state index contributed by atoms with van der Waals surface area (Å²) >= 11 is 6.20. The molecule has 1 fully saturated rings. The van der Waals surface area contributed by atoms with E-state index in [9.17, 15) is 14.7 Å². The Kier molecular flexibility index (Phi) is 7.74. The van der Waals surface area contributed by atoms with E-state index in [0.29, 0.717) is 27.8 Å². The zero-order valence-electron chi connectivity index (χ0n) is 21.2. The third-order valence-electron chi connectivity index (χ3n) is 6.53. The van der Waals surface area contributed by atoms with Crippen LogP contribution in [0.25, 0.3) is 5.76 Å². The highest BCUT2D eigenvalue weighted by atomic mass is 35.5. The molecule has 1 aliphatic rings. The molecule has 1 heterocycles. The molecule has 1 amide bonds. The van der Waals surface area contributed by atoms with E-state index < -0.39 is 17.7 Å². The van der Waals surface area contributed by atoms with Gasteiger partial charge in [0.25, 0.3) is 11.7 Å². The van der Waals surface area contributed by atoms with Crippen molar-refractivity contribution in [1.82, 2.24) is 0 Å². The van der Waals surface area contributed by atoms with Gasteiger partial charge in [0.05, 0.1) is 31.4 Å². The molecule has 1 atom stereocenters. The van der Waals surface area contributed by atoms with Gasteiger partial charge in [0.15, 0.2) is 0 Å². The van der Waals surface area contributed by atoms with Gasteiger partial charge in [-0.15, -0.1) is 0 Å². The largest absolute Gasteiger partial charge is 0.507 e. The molecule has 192 valence electrons. The molecular weight excluding hydrogens is 492 g/mol. The Morgan fingerprint density at radius 1 is 0.973 bits per heavy atom. The predicted octanol–water partition coefficient (Wildman–Crippen LogP) is 5.83. The van der Waals surface area contributed by atoms with Crippen LogP contribution in [0.5, 0.6) is 11.5 Å². The average molecular weight is 521 g/mol. The first kappa shape index (κ1) is 26.1. The number of carbonyl (C=O) groups excluding carboxylic acids is 2. The first-order chi connectivity index (χ1) is 17.8. The van der Waals surface area contributed by atoms with Crippen LogP contribution < -0.4 is 19.3 Å². The smallest absolute Gasteiger partial charge is 0.300 e. The maximum absolute atomic E-state index is 13.5. The van der Waals surface area contributed by atoms with Gasteiger partial charge in [-0.3, -0.25) is 14.5 Å². The Morgan fingerprint density at radius 2 is 1.68 bits per heavy atom. The lowest BCUT2D eigenvalue weighted by Crippen LogP contribution is -2.29. The fourth-order valence-electron chi connectivity index (χ4n) is 4.65. The SMILES string of the molecule is CCN(CC)c1ccc(N2C(=O)C(=O)/C(=C(/O)c3cc(Cl)ccc3OC)C2c2cccc(OC)c2)cc1. The molecule has 1 N–H and O–H groups in total. The zero-order chi connectivity index (χ0) is 26.7. The van der Waals surface area contributed by atoms with Gasteiger partial charge in [-0.2, -0.15) is 0 Å². The van der Waals surface area contributed by atoms with Crippen LogP contribution >= 0.6 is 11.6 Å². The number of hydrogen-bond acceptors (Lipinski definition) is 6. The predicted molar refractivity (Wildman–Crippen MR) is 146 cm³/mol. The molecule has 1 saturated heterocycles. The zero-order valence-corrected chi connectivity index (χ0v) is 22.0. The minimum absolute atomic E-state index is 0.0633. The van der Waals surface area contributed by atoms with E-state index >= 15 is 0 Å². The number of hydrogen-bond donors (Lipinski definition) is 1. The summed E-state index contributed by atoms with van der Waals surface area (Å²) in [6.07, 6.45) is 0. The third kappa shape index (κ3) is 4.87. The minimum Gasteiger partial charge on any atom is -0.507 e. The topological polar surface area (TPSA) is 79.3 Å². The molecule has 3 aromatic carbocycles. The monoisotopic (exact) mass is 520 g/mol. The number of anilines is 2. The van der Waals surface area contributed by atoms with Gasteiger partial charge in [0, 0.05) is 29.5 Å². The second kappa shape index (κ2) is 11.0. The number of methoxy groups -OCH3 is 2. The number of nitrogens with zero attached hydrogens (tertiary/aromatic N) is 2. The van der Waals surface area contributed by atoms with Crippen LogP contribution in [0.1, 0.15) is 31.0 Å². The number of aliphatic hydroxyl groups is 1. The number of ketones is 1. The summed E-state index contributed by atoms with van der Waals surface area (Å²) < 4.78 is 10.8. The number of halogens is 1. The summed E-state index contributed by atoms with van der Waals surface area (Å²) in [6, 6.07) is 18.4. The lowest BCUT2D eigenvalue weighted by Gasteiger charge is -2.27. The van der Waals surface area contributed by atoms with Crippen molar-refractivity contribution in [2.24, 2.45) is 0 Å². The second-order valence-corrected chi connectivity index (χ2v) is 8.92. The molecular formula is C29H29ClN2O5. The second-order valence-electron chi connectivity index (χ2n) is 8.48. The van der Waals surface area contributed by atoms with Gasteiger partial charge in [-0.05, 0) is 74.0 Å². The number of ether oxygens (including phenoxy) is 2.